The fourth-order valence-corrected chi connectivity index (χ4v) is 3.40. The molecule has 0 aliphatic carbocycles. The fraction of sp³-hybridized carbons (Fsp3) is 0.286. The quantitative estimate of drug-likeness (QED) is 0.415. The standard InChI is InChI=1S/C21H22N2O5S/c1-3-4-11-27-20(25)14-5-10-17-18(12-14)29-21(22-17)23-19(24)13-28-16-8-6-15(26-2)7-9-16/h5-10,12H,3-4,11,13H2,1-2H3,(H,22,23,24). The molecule has 1 heterocycles. The molecule has 1 amide bonds. The molecule has 0 saturated heterocycles. The lowest BCUT2D eigenvalue weighted by Gasteiger charge is -2.06. The number of esters is 1. The third kappa shape index (κ3) is 5.68. The first-order valence-corrected chi connectivity index (χ1v) is 10.0. The van der Waals surface area contributed by atoms with Gasteiger partial charge < -0.3 is 14.2 Å². The lowest BCUT2D eigenvalue weighted by atomic mass is 10.2. The zero-order valence-corrected chi connectivity index (χ0v) is 17.1. The maximum Gasteiger partial charge on any atom is 0.338 e. The van der Waals surface area contributed by atoms with E-state index in [1.807, 2.05) is 6.92 Å². The number of ether oxygens (including phenoxy) is 3. The summed E-state index contributed by atoms with van der Waals surface area (Å²) in [5.74, 6) is 0.604. The van der Waals surface area contributed by atoms with E-state index in [1.54, 1.807) is 49.6 Å². The van der Waals surface area contributed by atoms with Gasteiger partial charge in [0.1, 0.15) is 11.5 Å². The topological polar surface area (TPSA) is 86.8 Å². The number of nitrogens with zero attached hydrogens (tertiary/aromatic N) is 1. The third-order valence-electron chi connectivity index (χ3n) is 4.03. The van der Waals surface area contributed by atoms with Gasteiger partial charge in [-0.25, -0.2) is 9.78 Å². The highest BCUT2D eigenvalue weighted by Crippen LogP contribution is 2.27. The summed E-state index contributed by atoms with van der Waals surface area (Å²) in [4.78, 5) is 28.6. The molecule has 1 N–H and O–H groups in total. The van der Waals surface area contributed by atoms with Crippen LogP contribution in [0.4, 0.5) is 5.13 Å². The molecular weight excluding hydrogens is 392 g/mol. The van der Waals surface area contributed by atoms with Crippen molar-refractivity contribution in [3.63, 3.8) is 0 Å². The summed E-state index contributed by atoms with van der Waals surface area (Å²) in [6, 6.07) is 12.1. The maximum atomic E-state index is 12.1. The molecule has 0 aliphatic rings. The molecule has 0 fully saturated rings. The van der Waals surface area contributed by atoms with Crippen LogP contribution in [-0.2, 0) is 9.53 Å². The van der Waals surface area contributed by atoms with Gasteiger partial charge in [0.25, 0.3) is 5.91 Å². The van der Waals surface area contributed by atoms with Crippen molar-refractivity contribution in [2.75, 3.05) is 25.6 Å². The number of aromatic nitrogens is 1. The zero-order valence-electron chi connectivity index (χ0n) is 16.3. The van der Waals surface area contributed by atoms with Crippen molar-refractivity contribution in [1.82, 2.24) is 4.98 Å². The Morgan fingerprint density at radius 1 is 1.10 bits per heavy atom. The monoisotopic (exact) mass is 414 g/mol. The molecule has 2 aromatic carbocycles. The normalized spacial score (nSPS) is 10.6. The van der Waals surface area contributed by atoms with Gasteiger partial charge in [0, 0.05) is 0 Å². The first-order valence-electron chi connectivity index (χ1n) is 9.23. The predicted molar refractivity (Wildman–Crippen MR) is 112 cm³/mol. The molecule has 0 unspecified atom stereocenters. The van der Waals surface area contributed by atoms with Crippen LogP contribution in [0.25, 0.3) is 10.2 Å². The molecule has 1 aromatic heterocycles. The number of rotatable bonds is 9. The van der Waals surface area contributed by atoms with Gasteiger partial charge in [0.2, 0.25) is 0 Å². The highest BCUT2D eigenvalue weighted by atomic mass is 32.1. The van der Waals surface area contributed by atoms with E-state index in [-0.39, 0.29) is 18.5 Å². The Morgan fingerprint density at radius 2 is 1.86 bits per heavy atom. The van der Waals surface area contributed by atoms with Crippen LogP contribution in [0, 0.1) is 0 Å². The molecule has 0 radical (unpaired) electrons. The predicted octanol–water partition coefficient (Wildman–Crippen LogP) is 4.28. The second-order valence-corrected chi connectivity index (χ2v) is 7.23. The number of methoxy groups -OCH3 is 1. The Bertz CT molecular complexity index is 984. The van der Waals surface area contributed by atoms with Crippen molar-refractivity contribution >= 4 is 38.6 Å². The van der Waals surface area contributed by atoms with Crippen LogP contribution >= 0.6 is 11.3 Å². The summed E-state index contributed by atoms with van der Waals surface area (Å²) in [5, 5.41) is 3.16. The van der Waals surface area contributed by atoms with Gasteiger partial charge in [-0.15, -0.1) is 0 Å². The van der Waals surface area contributed by atoms with Crippen molar-refractivity contribution in [3.05, 3.63) is 48.0 Å². The van der Waals surface area contributed by atoms with Crippen molar-refractivity contribution in [1.29, 1.82) is 0 Å². The Morgan fingerprint density at radius 3 is 2.59 bits per heavy atom. The number of carbonyl (C=O) groups excluding carboxylic acids is 2. The molecule has 0 saturated carbocycles. The van der Waals surface area contributed by atoms with Gasteiger partial charge in [-0.2, -0.15) is 0 Å². The number of hydrogen-bond acceptors (Lipinski definition) is 7. The van der Waals surface area contributed by atoms with E-state index in [0.717, 1.165) is 17.5 Å². The molecule has 0 atom stereocenters. The summed E-state index contributed by atoms with van der Waals surface area (Å²) in [7, 11) is 1.58. The molecular formula is C21H22N2O5S. The maximum absolute atomic E-state index is 12.1. The minimum absolute atomic E-state index is 0.142. The molecule has 0 aliphatic heterocycles. The number of unbranched alkanes of at least 4 members (excludes halogenated alkanes) is 1. The fourth-order valence-electron chi connectivity index (χ4n) is 2.47. The largest absolute Gasteiger partial charge is 0.497 e. The number of benzene rings is 2. The summed E-state index contributed by atoms with van der Waals surface area (Å²) < 4.78 is 16.6. The Labute approximate surface area is 172 Å². The van der Waals surface area contributed by atoms with Crippen molar-refractivity contribution in [2.45, 2.75) is 19.8 Å². The Balaban J connectivity index is 1.57. The van der Waals surface area contributed by atoms with E-state index in [1.165, 1.54) is 11.3 Å². The van der Waals surface area contributed by atoms with E-state index in [0.29, 0.717) is 34.3 Å². The average Bonchev–Trinajstić information content (AvgIpc) is 3.14. The summed E-state index contributed by atoms with van der Waals surface area (Å²) in [5.41, 5.74) is 1.17. The SMILES string of the molecule is CCCCOC(=O)c1ccc2nc(NC(=O)COc3ccc(OC)cc3)sc2c1. The number of thiazole rings is 1. The first kappa shape index (κ1) is 20.6. The van der Waals surface area contributed by atoms with Gasteiger partial charge in [-0.1, -0.05) is 24.7 Å². The lowest BCUT2D eigenvalue weighted by molar-refractivity contribution is -0.118. The van der Waals surface area contributed by atoms with Gasteiger partial charge >= 0.3 is 5.97 Å². The number of anilines is 1. The number of amides is 1. The van der Waals surface area contributed by atoms with Crippen molar-refractivity contribution in [3.8, 4) is 11.5 Å². The molecule has 3 rings (SSSR count). The van der Waals surface area contributed by atoms with Crippen LogP contribution in [-0.4, -0.2) is 37.2 Å². The van der Waals surface area contributed by atoms with Crippen LogP contribution in [0.15, 0.2) is 42.5 Å². The number of fused-ring (bicyclic) bond motifs is 1. The van der Waals surface area contributed by atoms with Crippen LogP contribution in [0.5, 0.6) is 11.5 Å². The molecule has 152 valence electrons. The van der Waals surface area contributed by atoms with E-state index < -0.39 is 0 Å². The van der Waals surface area contributed by atoms with Gasteiger partial charge in [-0.05, 0) is 48.9 Å². The van der Waals surface area contributed by atoms with Crippen molar-refractivity contribution < 1.29 is 23.8 Å². The molecule has 3 aromatic rings. The van der Waals surface area contributed by atoms with Crippen LogP contribution < -0.4 is 14.8 Å². The molecule has 29 heavy (non-hydrogen) atoms. The number of carbonyl (C=O) groups is 2. The number of nitrogens with one attached hydrogen (secondary N) is 1. The highest BCUT2D eigenvalue weighted by molar-refractivity contribution is 7.22. The van der Waals surface area contributed by atoms with E-state index in [2.05, 4.69) is 10.3 Å². The van der Waals surface area contributed by atoms with Gasteiger partial charge in [0.15, 0.2) is 11.7 Å². The smallest absolute Gasteiger partial charge is 0.338 e. The molecule has 0 bridgehead atoms. The second kappa shape index (κ2) is 9.88. The minimum atomic E-state index is -0.354. The van der Waals surface area contributed by atoms with E-state index >= 15 is 0 Å². The number of hydrogen-bond donors (Lipinski definition) is 1. The van der Waals surface area contributed by atoms with Gasteiger partial charge in [0.05, 0.1) is 29.5 Å². The third-order valence-corrected chi connectivity index (χ3v) is 4.96. The van der Waals surface area contributed by atoms with Crippen LogP contribution in [0.1, 0.15) is 30.1 Å². The van der Waals surface area contributed by atoms with E-state index in [4.69, 9.17) is 14.2 Å². The Hall–Kier alpha value is -3.13. The average molecular weight is 414 g/mol. The summed E-state index contributed by atoms with van der Waals surface area (Å²) in [6.45, 7) is 2.30. The van der Waals surface area contributed by atoms with E-state index in [9.17, 15) is 9.59 Å². The summed E-state index contributed by atoms with van der Waals surface area (Å²) in [6.07, 6.45) is 1.80. The second-order valence-electron chi connectivity index (χ2n) is 6.20. The highest BCUT2D eigenvalue weighted by Gasteiger charge is 2.12. The molecule has 0 spiro atoms. The Kier molecular flexibility index (Phi) is 7.02. The minimum Gasteiger partial charge on any atom is -0.497 e. The zero-order chi connectivity index (χ0) is 20.6. The molecule has 8 heteroatoms. The molecule has 7 nitrogen and oxygen atoms in total. The first-order chi connectivity index (χ1) is 14.1. The van der Waals surface area contributed by atoms with Crippen molar-refractivity contribution in [2.24, 2.45) is 0 Å². The lowest BCUT2D eigenvalue weighted by Crippen LogP contribution is -2.19. The summed E-state index contributed by atoms with van der Waals surface area (Å²) >= 11 is 1.29. The van der Waals surface area contributed by atoms with Gasteiger partial charge in [-0.3, -0.25) is 10.1 Å². The van der Waals surface area contributed by atoms with Crippen LogP contribution in [0.3, 0.4) is 0 Å². The van der Waals surface area contributed by atoms with Crippen LogP contribution in [0.2, 0.25) is 0 Å².